The standard InChI is InChI=1S/C18H24N4OS/c1-21(17-7-3-11-19-20-17)15-9-12-22(13-10-15)18(23)8-2-5-16-6-4-14-24-16/h3-4,6-7,11,14-15H,2,5,8-10,12-13H2,1H3. The summed E-state index contributed by atoms with van der Waals surface area (Å²) in [5, 5.41) is 10.2. The van der Waals surface area contributed by atoms with E-state index in [0.29, 0.717) is 18.4 Å². The minimum absolute atomic E-state index is 0.298. The van der Waals surface area contributed by atoms with Crippen molar-refractivity contribution in [3.63, 3.8) is 0 Å². The lowest BCUT2D eigenvalue weighted by molar-refractivity contribution is -0.132. The molecular formula is C18H24N4OS. The van der Waals surface area contributed by atoms with Crippen LogP contribution in [-0.2, 0) is 11.2 Å². The third kappa shape index (κ3) is 4.32. The molecule has 1 aliphatic heterocycles. The van der Waals surface area contributed by atoms with Crippen molar-refractivity contribution < 1.29 is 4.79 Å². The highest BCUT2D eigenvalue weighted by Gasteiger charge is 2.25. The van der Waals surface area contributed by atoms with E-state index >= 15 is 0 Å². The summed E-state index contributed by atoms with van der Waals surface area (Å²) in [4.78, 5) is 17.9. The van der Waals surface area contributed by atoms with Crippen molar-refractivity contribution in [2.24, 2.45) is 0 Å². The molecule has 3 rings (SSSR count). The van der Waals surface area contributed by atoms with Crippen molar-refractivity contribution in [1.82, 2.24) is 15.1 Å². The number of hydrogen-bond acceptors (Lipinski definition) is 5. The molecule has 0 saturated carbocycles. The molecule has 0 N–H and O–H groups in total. The van der Waals surface area contributed by atoms with Crippen molar-refractivity contribution in [2.45, 2.75) is 38.1 Å². The monoisotopic (exact) mass is 344 g/mol. The van der Waals surface area contributed by atoms with Crippen LogP contribution in [0.4, 0.5) is 5.82 Å². The lowest BCUT2D eigenvalue weighted by atomic mass is 10.0. The SMILES string of the molecule is CN(c1cccnn1)C1CCN(C(=O)CCCc2cccs2)CC1. The van der Waals surface area contributed by atoms with Crippen LogP contribution in [-0.4, -0.2) is 47.2 Å². The Morgan fingerprint density at radius 1 is 1.33 bits per heavy atom. The van der Waals surface area contributed by atoms with Crippen LogP contribution in [0, 0.1) is 0 Å². The maximum Gasteiger partial charge on any atom is 0.222 e. The average Bonchev–Trinajstić information content (AvgIpc) is 3.15. The molecule has 6 heteroatoms. The second kappa shape index (κ2) is 8.24. The first-order chi connectivity index (χ1) is 11.7. The zero-order chi connectivity index (χ0) is 16.8. The first-order valence-electron chi connectivity index (χ1n) is 8.55. The predicted octanol–water partition coefficient (Wildman–Crippen LogP) is 2.99. The number of nitrogens with zero attached hydrogens (tertiary/aromatic N) is 4. The minimum atomic E-state index is 0.298. The van der Waals surface area contributed by atoms with Crippen molar-refractivity contribution in [3.8, 4) is 0 Å². The smallest absolute Gasteiger partial charge is 0.222 e. The molecule has 0 bridgehead atoms. The lowest BCUT2D eigenvalue weighted by Crippen LogP contribution is -2.45. The van der Waals surface area contributed by atoms with E-state index in [-0.39, 0.29) is 0 Å². The van der Waals surface area contributed by atoms with Crippen LogP contribution in [0.3, 0.4) is 0 Å². The molecule has 0 radical (unpaired) electrons. The van der Waals surface area contributed by atoms with Crippen LogP contribution in [0.2, 0.25) is 0 Å². The molecule has 0 aromatic carbocycles. The van der Waals surface area contributed by atoms with Gasteiger partial charge in [-0.05, 0) is 49.3 Å². The van der Waals surface area contributed by atoms with E-state index in [4.69, 9.17) is 0 Å². The summed E-state index contributed by atoms with van der Waals surface area (Å²) in [6.45, 7) is 1.68. The van der Waals surface area contributed by atoms with Crippen molar-refractivity contribution in [3.05, 3.63) is 40.7 Å². The summed E-state index contributed by atoms with van der Waals surface area (Å²) in [6.07, 6.45) is 6.28. The first kappa shape index (κ1) is 16.9. The number of rotatable bonds is 6. The summed E-state index contributed by atoms with van der Waals surface area (Å²) in [5.41, 5.74) is 0. The summed E-state index contributed by atoms with van der Waals surface area (Å²) in [6, 6.07) is 8.53. The molecule has 0 atom stereocenters. The number of anilines is 1. The topological polar surface area (TPSA) is 49.3 Å². The fourth-order valence-corrected chi connectivity index (χ4v) is 3.95. The van der Waals surface area contributed by atoms with Gasteiger partial charge in [0.1, 0.15) is 0 Å². The van der Waals surface area contributed by atoms with Gasteiger partial charge in [0.05, 0.1) is 0 Å². The van der Waals surface area contributed by atoms with Crippen LogP contribution in [0.25, 0.3) is 0 Å². The number of hydrogen-bond donors (Lipinski definition) is 0. The molecule has 128 valence electrons. The first-order valence-corrected chi connectivity index (χ1v) is 9.42. The van der Waals surface area contributed by atoms with Gasteiger partial charge in [-0.15, -0.1) is 16.4 Å². The fourth-order valence-electron chi connectivity index (χ4n) is 3.20. The number of carbonyl (C=O) groups excluding carboxylic acids is 1. The summed E-state index contributed by atoms with van der Waals surface area (Å²) in [7, 11) is 2.06. The minimum Gasteiger partial charge on any atom is -0.355 e. The molecule has 3 heterocycles. The van der Waals surface area contributed by atoms with Gasteiger partial charge in [-0.25, -0.2) is 0 Å². The number of thiophene rings is 1. The van der Waals surface area contributed by atoms with E-state index in [2.05, 4.69) is 39.7 Å². The summed E-state index contributed by atoms with van der Waals surface area (Å²) >= 11 is 1.77. The molecular weight excluding hydrogens is 320 g/mol. The largest absolute Gasteiger partial charge is 0.355 e. The number of likely N-dealkylation sites (tertiary alicyclic amines) is 1. The van der Waals surface area contributed by atoms with E-state index in [1.165, 1.54) is 4.88 Å². The number of aryl methyl sites for hydroxylation is 1. The van der Waals surface area contributed by atoms with Gasteiger partial charge in [0.2, 0.25) is 5.91 Å². The van der Waals surface area contributed by atoms with Gasteiger partial charge in [0, 0.05) is 43.7 Å². The lowest BCUT2D eigenvalue weighted by Gasteiger charge is -2.37. The molecule has 0 aliphatic carbocycles. The molecule has 1 aliphatic rings. The normalized spacial score (nSPS) is 15.5. The van der Waals surface area contributed by atoms with E-state index in [1.807, 2.05) is 17.0 Å². The third-order valence-corrected chi connectivity index (χ3v) is 5.61. The van der Waals surface area contributed by atoms with E-state index < -0.39 is 0 Å². The van der Waals surface area contributed by atoms with E-state index in [9.17, 15) is 4.79 Å². The Labute approximate surface area is 147 Å². The Morgan fingerprint density at radius 3 is 2.83 bits per heavy atom. The molecule has 1 fully saturated rings. The van der Waals surface area contributed by atoms with Crippen LogP contribution in [0.15, 0.2) is 35.8 Å². The maximum atomic E-state index is 12.4. The Morgan fingerprint density at radius 2 is 2.17 bits per heavy atom. The Hall–Kier alpha value is -1.95. The zero-order valence-corrected chi connectivity index (χ0v) is 14.9. The molecule has 0 spiro atoms. The fraction of sp³-hybridized carbons (Fsp3) is 0.500. The summed E-state index contributed by atoms with van der Waals surface area (Å²) in [5.74, 6) is 1.20. The number of carbonyl (C=O) groups is 1. The number of amides is 1. The highest BCUT2D eigenvalue weighted by molar-refractivity contribution is 7.09. The quantitative estimate of drug-likeness (QED) is 0.808. The van der Waals surface area contributed by atoms with Gasteiger partial charge in [-0.2, -0.15) is 5.10 Å². The number of piperidine rings is 1. The maximum absolute atomic E-state index is 12.4. The van der Waals surface area contributed by atoms with Crippen LogP contribution >= 0.6 is 11.3 Å². The molecule has 24 heavy (non-hydrogen) atoms. The third-order valence-electron chi connectivity index (χ3n) is 4.68. The molecule has 0 unspecified atom stereocenters. The Kier molecular flexibility index (Phi) is 5.80. The van der Waals surface area contributed by atoms with Crippen molar-refractivity contribution in [2.75, 3.05) is 25.0 Å². The van der Waals surface area contributed by atoms with Gasteiger partial charge in [0.15, 0.2) is 5.82 Å². The highest BCUT2D eigenvalue weighted by atomic mass is 32.1. The van der Waals surface area contributed by atoms with Gasteiger partial charge in [-0.1, -0.05) is 6.07 Å². The molecule has 2 aromatic rings. The van der Waals surface area contributed by atoms with Crippen LogP contribution in [0.5, 0.6) is 0 Å². The van der Waals surface area contributed by atoms with Gasteiger partial charge < -0.3 is 9.80 Å². The number of aromatic nitrogens is 2. The van der Waals surface area contributed by atoms with Crippen molar-refractivity contribution in [1.29, 1.82) is 0 Å². The second-order valence-corrected chi connectivity index (χ2v) is 7.27. The molecule has 5 nitrogen and oxygen atoms in total. The second-order valence-electron chi connectivity index (χ2n) is 6.24. The highest BCUT2D eigenvalue weighted by Crippen LogP contribution is 2.21. The van der Waals surface area contributed by atoms with Crippen LogP contribution in [0.1, 0.15) is 30.6 Å². The molecule has 1 amide bonds. The Bertz CT molecular complexity index is 624. The summed E-state index contributed by atoms with van der Waals surface area (Å²) < 4.78 is 0. The van der Waals surface area contributed by atoms with E-state index in [1.54, 1.807) is 17.5 Å². The van der Waals surface area contributed by atoms with Crippen LogP contribution < -0.4 is 4.90 Å². The van der Waals surface area contributed by atoms with Crippen molar-refractivity contribution >= 4 is 23.1 Å². The van der Waals surface area contributed by atoms with Gasteiger partial charge >= 0.3 is 0 Å². The molecule has 2 aromatic heterocycles. The van der Waals surface area contributed by atoms with E-state index in [0.717, 1.165) is 44.6 Å². The molecule has 1 saturated heterocycles. The zero-order valence-electron chi connectivity index (χ0n) is 14.1. The predicted molar refractivity (Wildman–Crippen MR) is 97.3 cm³/mol. The van der Waals surface area contributed by atoms with Gasteiger partial charge in [0.25, 0.3) is 0 Å². The Balaban J connectivity index is 1.42. The van der Waals surface area contributed by atoms with Gasteiger partial charge in [-0.3, -0.25) is 4.79 Å². The average molecular weight is 344 g/mol.